The molecule has 32 heavy (non-hydrogen) atoms. The number of carbonyl (C=O) groups is 1. The Balaban J connectivity index is 0.00000363. The summed E-state index contributed by atoms with van der Waals surface area (Å²) in [5, 5.41) is 0.481. The van der Waals surface area contributed by atoms with Gasteiger partial charge in [-0.1, -0.05) is 11.3 Å². The fraction of sp³-hybridized carbons (Fsp3) is 0.333. The highest BCUT2D eigenvalue weighted by atomic mass is 35.5. The van der Waals surface area contributed by atoms with E-state index in [0.717, 1.165) is 17.3 Å². The molecule has 0 aliphatic heterocycles. The molecule has 0 unspecified atom stereocenters. The number of benzene rings is 2. The fourth-order valence-electron chi connectivity index (χ4n) is 2.97. The van der Waals surface area contributed by atoms with E-state index in [2.05, 4.69) is 4.98 Å². The third-order valence-electron chi connectivity index (χ3n) is 4.68. The second kappa shape index (κ2) is 10.7. The van der Waals surface area contributed by atoms with Crippen LogP contribution in [0.3, 0.4) is 0 Å². The molecule has 0 aliphatic carbocycles. The minimum atomic E-state index is -3.58. The molecule has 0 N–H and O–H groups in total. The lowest BCUT2D eigenvalue weighted by atomic mass is 10.2. The monoisotopic (exact) mass is 499 g/mol. The average Bonchev–Trinajstić information content (AvgIpc) is 3.13. The van der Waals surface area contributed by atoms with E-state index in [0.29, 0.717) is 27.5 Å². The molecule has 0 bridgehead atoms. The standard InChI is InChI=1S/C21H25FN4O3S2.ClH/c1-24(2)12-5-13-26(21-23-18-11-8-16(22)14-19(18)30-21)20(27)15-6-9-17(10-7-15)31(28,29)25(3)4;/h6-11,14H,5,12-13H2,1-4H3;1H/p-1. The topological polar surface area (TPSA) is 73.8 Å². The van der Waals surface area contributed by atoms with E-state index in [1.165, 1.54) is 61.8 Å². The first-order chi connectivity index (χ1) is 14.6. The van der Waals surface area contributed by atoms with Gasteiger partial charge in [0.15, 0.2) is 5.13 Å². The minimum absolute atomic E-state index is 0. The van der Waals surface area contributed by atoms with Gasteiger partial charge in [0.1, 0.15) is 5.82 Å². The van der Waals surface area contributed by atoms with Crippen molar-refractivity contribution in [1.82, 2.24) is 14.2 Å². The van der Waals surface area contributed by atoms with Crippen molar-refractivity contribution in [3.63, 3.8) is 0 Å². The number of fused-ring (bicyclic) bond motifs is 1. The van der Waals surface area contributed by atoms with Crippen molar-refractivity contribution in [2.45, 2.75) is 11.3 Å². The van der Waals surface area contributed by atoms with Gasteiger partial charge < -0.3 is 17.3 Å². The van der Waals surface area contributed by atoms with Crippen LogP contribution in [0.1, 0.15) is 16.8 Å². The molecule has 1 amide bonds. The molecule has 0 radical (unpaired) electrons. The summed E-state index contributed by atoms with van der Waals surface area (Å²) < 4.78 is 40.0. The quantitative estimate of drug-likeness (QED) is 0.445. The van der Waals surface area contributed by atoms with Crippen LogP contribution in [0, 0.1) is 5.82 Å². The Hall–Kier alpha value is -2.11. The smallest absolute Gasteiger partial charge is 0.260 e. The Kier molecular flexibility index (Phi) is 8.72. The number of sulfonamides is 1. The van der Waals surface area contributed by atoms with Gasteiger partial charge in [-0.25, -0.2) is 22.1 Å². The van der Waals surface area contributed by atoms with Gasteiger partial charge >= 0.3 is 0 Å². The molecular weight excluding hydrogens is 475 g/mol. The van der Waals surface area contributed by atoms with Crippen molar-refractivity contribution in [1.29, 1.82) is 0 Å². The summed E-state index contributed by atoms with van der Waals surface area (Å²) in [5.41, 5.74) is 0.979. The molecule has 0 fully saturated rings. The maximum absolute atomic E-state index is 13.6. The van der Waals surface area contributed by atoms with Crippen molar-refractivity contribution in [2.75, 3.05) is 46.2 Å². The Bertz CT molecular complexity index is 1180. The van der Waals surface area contributed by atoms with Crippen LogP contribution < -0.4 is 17.3 Å². The van der Waals surface area contributed by atoms with E-state index < -0.39 is 10.0 Å². The SMILES string of the molecule is CN(C)CCCN(C(=O)c1ccc(S(=O)(=O)N(C)C)cc1)c1nc2ccc(F)cc2s1.[Cl-]. The first-order valence-electron chi connectivity index (χ1n) is 9.65. The molecule has 3 rings (SSSR count). The van der Waals surface area contributed by atoms with Crippen molar-refractivity contribution in [3.05, 3.63) is 53.8 Å². The molecule has 3 aromatic rings. The lowest BCUT2D eigenvalue weighted by Crippen LogP contribution is -3.00. The number of hydrogen-bond acceptors (Lipinski definition) is 6. The largest absolute Gasteiger partial charge is 1.00 e. The van der Waals surface area contributed by atoms with E-state index in [1.54, 1.807) is 11.0 Å². The number of rotatable bonds is 8. The summed E-state index contributed by atoms with van der Waals surface area (Å²) in [4.78, 5) is 21.5. The van der Waals surface area contributed by atoms with Crippen molar-refractivity contribution in [3.8, 4) is 0 Å². The lowest BCUT2D eigenvalue weighted by Gasteiger charge is -2.21. The van der Waals surface area contributed by atoms with Crippen LogP contribution in [0.2, 0.25) is 0 Å². The van der Waals surface area contributed by atoms with Gasteiger partial charge in [-0.3, -0.25) is 9.69 Å². The van der Waals surface area contributed by atoms with Crippen molar-refractivity contribution < 1.29 is 30.0 Å². The van der Waals surface area contributed by atoms with E-state index in [1.807, 2.05) is 19.0 Å². The van der Waals surface area contributed by atoms with E-state index in [-0.39, 0.29) is 29.0 Å². The summed E-state index contributed by atoms with van der Waals surface area (Å²) in [6.45, 7) is 1.21. The lowest BCUT2D eigenvalue weighted by molar-refractivity contribution is -0.0000170. The van der Waals surface area contributed by atoms with Gasteiger partial charge in [0.25, 0.3) is 5.91 Å². The number of nitrogens with zero attached hydrogens (tertiary/aromatic N) is 4. The van der Waals surface area contributed by atoms with Crippen LogP contribution in [0.15, 0.2) is 47.4 Å². The maximum atomic E-state index is 13.6. The predicted molar refractivity (Wildman–Crippen MR) is 122 cm³/mol. The van der Waals surface area contributed by atoms with Crippen LogP contribution >= 0.6 is 11.3 Å². The highest BCUT2D eigenvalue weighted by Gasteiger charge is 2.23. The Labute approximate surface area is 197 Å². The predicted octanol–water partition coefficient (Wildman–Crippen LogP) is 0.288. The van der Waals surface area contributed by atoms with E-state index in [9.17, 15) is 17.6 Å². The highest BCUT2D eigenvalue weighted by Crippen LogP contribution is 2.30. The van der Waals surface area contributed by atoms with Crippen LogP contribution in [0.5, 0.6) is 0 Å². The molecule has 174 valence electrons. The number of carbonyl (C=O) groups excluding carboxylic acids is 1. The maximum Gasteiger partial charge on any atom is 0.260 e. The van der Waals surface area contributed by atoms with Gasteiger partial charge in [0.2, 0.25) is 10.0 Å². The Morgan fingerprint density at radius 1 is 1.03 bits per heavy atom. The van der Waals surface area contributed by atoms with Gasteiger partial charge in [0.05, 0.1) is 15.1 Å². The van der Waals surface area contributed by atoms with Crippen LogP contribution in [0.4, 0.5) is 9.52 Å². The summed E-state index contributed by atoms with van der Waals surface area (Å²) >= 11 is 1.25. The Morgan fingerprint density at radius 3 is 2.28 bits per heavy atom. The first kappa shape index (κ1) is 26.1. The van der Waals surface area contributed by atoms with E-state index in [4.69, 9.17) is 0 Å². The number of halogens is 2. The van der Waals surface area contributed by atoms with Crippen LogP contribution in [-0.2, 0) is 10.0 Å². The number of hydrogen-bond donors (Lipinski definition) is 0. The molecule has 0 atom stereocenters. The van der Waals surface area contributed by atoms with E-state index >= 15 is 0 Å². The third kappa shape index (κ3) is 5.81. The summed E-state index contributed by atoms with van der Waals surface area (Å²) in [6.07, 6.45) is 0.718. The summed E-state index contributed by atoms with van der Waals surface area (Å²) in [6, 6.07) is 10.2. The molecule has 1 heterocycles. The number of anilines is 1. The number of aromatic nitrogens is 1. The molecule has 2 aromatic carbocycles. The molecule has 0 saturated carbocycles. The van der Waals surface area contributed by atoms with Crippen molar-refractivity contribution in [2.24, 2.45) is 0 Å². The molecule has 11 heteroatoms. The third-order valence-corrected chi connectivity index (χ3v) is 7.55. The normalized spacial score (nSPS) is 11.7. The Morgan fingerprint density at radius 2 is 1.69 bits per heavy atom. The van der Waals surface area contributed by atoms with Gasteiger partial charge in [0, 0.05) is 26.2 Å². The van der Waals surface area contributed by atoms with Crippen molar-refractivity contribution >= 4 is 42.6 Å². The summed E-state index contributed by atoms with van der Waals surface area (Å²) in [5.74, 6) is -0.641. The van der Waals surface area contributed by atoms with Gasteiger partial charge in [-0.05, 0) is 69.5 Å². The number of thiazole rings is 1. The van der Waals surface area contributed by atoms with Crippen LogP contribution in [0.25, 0.3) is 10.2 Å². The number of amides is 1. The molecule has 0 spiro atoms. The molecule has 1 aromatic heterocycles. The highest BCUT2D eigenvalue weighted by molar-refractivity contribution is 7.89. The zero-order valence-electron chi connectivity index (χ0n) is 18.2. The van der Waals surface area contributed by atoms with Crippen LogP contribution in [-0.4, -0.2) is 69.8 Å². The summed E-state index contributed by atoms with van der Waals surface area (Å²) in [7, 11) is 3.24. The average molecular weight is 500 g/mol. The second-order valence-electron chi connectivity index (χ2n) is 7.53. The fourth-order valence-corrected chi connectivity index (χ4v) is 4.88. The zero-order valence-corrected chi connectivity index (χ0v) is 20.6. The molecular formula is C21H25ClFN4O3S2-. The molecule has 7 nitrogen and oxygen atoms in total. The van der Waals surface area contributed by atoms with Gasteiger partial charge in [-0.2, -0.15) is 0 Å². The first-order valence-corrected chi connectivity index (χ1v) is 11.9. The van der Waals surface area contributed by atoms with Gasteiger partial charge in [-0.15, -0.1) is 0 Å². The minimum Gasteiger partial charge on any atom is -1.00 e. The second-order valence-corrected chi connectivity index (χ2v) is 10.7. The molecule has 0 saturated heterocycles. The molecule has 0 aliphatic rings. The zero-order chi connectivity index (χ0) is 22.8.